The molecule has 0 aromatic carbocycles. The van der Waals surface area contributed by atoms with Gasteiger partial charge < -0.3 is 15.4 Å². The molecule has 0 aliphatic carbocycles. The molecule has 24 heavy (non-hydrogen) atoms. The molecule has 0 aromatic rings. The minimum atomic E-state index is -0.0310. The van der Waals surface area contributed by atoms with Crippen LogP contribution in [-0.4, -0.2) is 37.6 Å². The van der Waals surface area contributed by atoms with Gasteiger partial charge in [-0.05, 0) is 33.1 Å². The first kappa shape index (κ1) is 25.1. The Morgan fingerprint density at radius 3 is 1.79 bits per heavy atom. The van der Waals surface area contributed by atoms with Gasteiger partial charge in [0.25, 0.3) is 0 Å². The SMILES string of the molecule is CC.CCCC(=O)NCCCCCCCCNC(=O)COC(C)C.[HH].[HH]. The van der Waals surface area contributed by atoms with Crippen LogP contribution >= 0.6 is 0 Å². The molecule has 148 valence electrons. The molecule has 0 unspecified atom stereocenters. The molecule has 0 saturated heterocycles. The summed E-state index contributed by atoms with van der Waals surface area (Å²) in [5.41, 5.74) is 0. The molecule has 2 N–H and O–H groups in total. The van der Waals surface area contributed by atoms with Crippen molar-refractivity contribution in [1.82, 2.24) is 10.6 Å². The maximum atomic E-state index is 11.4. The summed E-state index contributed by atoms with van der Waals surface area (Å²) >= 11 is 0. The van der Waals surface area contributed by atoms with Crippen molar-refractivity contribution < 1.29 is 17.2 Å². The van der Waals surface area contributed by atoms with E-state index in [-0.39, 0.29) is 27.4 Å². The van der Waals surface area contributed by atoms with Gasteiger partial charge in [0.15, 0.2) is 0 Å². The van der Waals surface area contributed by atoms with E-state index in [9.17, 15) is 9.59 Å². The van der Waals surface area contributed by atoms with E-state index < -0.39 is 0 Å². The molecular weight excluding hydrogens is 304 g/mol. The third-order valence-corrected chi connectivity index (χ3v) is 3.27. The number of nitrogens with one attached hydrogen (secondary N) is 2. The average Bonchev–Trinajstić information content (AvgIpc) is 2.56. The van der Waals surface area contributed by atoms with Crippen molar-refractivity contribution in [3.63, 3.8) is 0 Å². The van der Waals surface area contributed by atoms with Gasteiger partial charge in [0.2, 0.25) is 11.8 Å². The van der Waals surface area contributed by atoms with Crippen LogP contribution in [0.5, 0.6) is 0 Å². The third kappa shape index (κ3) is 20.9. The van der Waals surface area contributed by atoms with Crippen molar-refractivity contribution in [2.24, 2.45) is 0 Å². The van der Waals surface area contributed by atoms with Gasteiger partial charge in [-0.2, -0.15) is 0 Å². The van der Waals surface area contributed by atoms with Crippen LogP contribution in [0.3, 0.4) is 0 Å². The molecule has 5 nitrogen and oxygen atoms in total. The first-order valence-electron chi connectivity index (χ1n) is 9.71. The lowest BCUT2D eigenvalue weighted by molar-refractivity contribution is -0.127. The predicted octanol–water partition coefficient (Wildman–Crippen LogP) is 4.30. The summed E-state index contributed by atoms with van der Waals surface area (Å²) in [7, 11) is 0. The Balaban J connectivity index is -0.000000582. The van der Waals surface area contributed by atoms with E-state index >= 15 is 0 Å². The van der Waals surface area contributed by atoms with Crippen LogP contribution in [0.2, 0.25) is 0 Å². The van der Waals surface area contributed by atoms with Gasteiger partial charge in [-0.1, -0.05) is 46.5 Å². The van der Waals surface area contributed by atoms with Crippen molar-refractivity contribution >= 4 is 11.8 Å². The Morgan fingerprint density at radius 1 is 0.875 bits per heavy atom. The Morgan fingerprint density at radius 2 is 1.33 bits per heavy atom. The summed E-state index contributed by atoms with van der Waals surface area (Å²) in [5, 5.41) is 5.79. The van der Waals surface area contributed by atoms with Crippen LogP contribution in [0.15, 0.2) is 0 Å². The Hall–Kier alpha value is -1.10. The highest BCUT2D eigenvalue weighted by atomic mass is 16.5. The van der Waals surface area contributed by atoms with Crippen molar-refractivity contribution in [2.75, 3.05) is 19.7 Å². The summed E-state index contributed by atoms with van der Waals surface area (Å²) in [6, 6.07) is 0. The molecule has 0 radical (unpaired) electrons. The van der Waals surface area contributed by atoms with Crippen LogP contribution in [0, 0.1) is 0 Å². The normalized spacial score (nSPS) is 10.1. The molecule has 0 heterocycles. The number of hydrogen-bond donors (Lipinski definition) is 2. The molecular formula is C19H44N2O3. The maximum Gasteiger partial charge on any atom is 0.246 e. The van der Waals surface area contributed by atoms with E-state index in [1.54, 1.807) is 0 Å². The zero-order valence-corrected chi connectivity index (χ0v) is 16.6. The Labute approximate surface area is 152 Å². The van der Waals surface area contributed by atoms with Crippen LogP contribution in [0.1, 0.15) is 88.8 Å². The van der Waals surface area contributed by atoms with Crippen LogP contribution < -0.4 is 10.6 Å². The zero-order valence-electron chi connectivity index (χ0n) is 16.6. The lowest BCUT2D eigenvalue weighted by Crippen LogP contribution is -2.29. The molecule has 0 spiro atoms. The minimum absolute atomic E-state index is 0. The highest BCUT2D eigenvalue weighted by molar-refractivity contribution is 5.77. The molecule has 0 bridgehead atoms. The molecule has 0 aromatic heterocycles. The van der Waals surface area contributed by atoms with Crippen molar-refractivity contribution in [1.29, 1.82) is 0 Å². The number of hydrogen-bond acceptors (Lipinski definition) is 3. The molecule has 5 heteroatoms. The fraction of sp³-hybridized carbons (Fsp3) is 0.895. The van der Waals surface area contributed by atoms with Gasteiger partial charge >= 0.3 is 0 Å². The summed E-state index contributed by atoms with van der Waals surface area (Å²) in [6.07, 6.45) is 8.36. The highest BCUT2D eigenvalue weighted by Gasteiger charge is 2.02. The number of rotatable bonds is 14. The second-order valence-electron chi connectivity index (χ2n) is 5.93. The molecule has 0 aliphatic rings. The van der Waals surface area contributed by atoms with Gasteiger partial charge in [-0.15, -0.1) is 0 Å². The number of unbranched alkanes of at least 4 members (excludes halogenated alkanes) is 5. The summed E-state index contributed by atoms with van der Waals surface area (Å²) in [5.74, 6) is 0.135. The number of carbonyl (C=O) groups excluding carboxylic acids is 2. The van der Waals surface area contributed by atoms with E-state index in [0.29, 0.717) is 6.42 Å². The van der Waals surface area contributed by atoms with Crippen LogP contribution in [0.4, 0.5) is 0 Å². The van der Waals surface area contributed by atoms with Gasteiger partial charge in [0.05, 0.1) is 6.10 Å². The molecule has 0 aliphatic heterocycles. The predicted molar refractivity (Wildman–Crippen MR) is 105 cm³/mol. The number of amides is 2. The standard InChI is InChI=1S/C17H34N2O3.C2H6.2H2/c1-4-11-16(20)18-12-9-7-5-6-8-10-13-19-17(21)14-22-15(2)3;1-2;;/h15H,4-14H2,1-3H3,(H,18,20)(H,19,21);1-2H3;2*1H. The molecule has 0 saturated carbocycles. The Bertz CT molecular complexity index is 305. The maximum absolute atomic E-state index is 11.4. The number of carbonyl (C=O) groups is 2. The fourth-order valence-corrected chi connectivity index (χ4v) is 2.02. The lowest BCUT2D eigenvalue weighted by Gasteiger charge is -2.08. The molecule has 0 atom stereocenters. The quantitative estimate of drug-likeness (QED) is 0.460. The van der Waals surface area contributed by atoms with Crippen molar-refractivity contribution in [3.8, 4) is 0 Å². The minimum Gasteiger partial charge on any atom is -0.369 e. The fourth-order valence-electron chi connectivity index (χ4n) is 2.02. The monoisotopic (exact) mass is 348 g/mol. The van der Waals surface area contributed by atoms with Gasteiger partial charge in [-0.3, -0.25) is 9.59 Å². The number of ether oxygens (including phenoxy) is 1. The van der Waals surface area contributed by atoms with Gasteiger partial charge in [0.1, 0.15) is 6.61 Å². The van der Waals surface area contributed by atoms with E-state index in [2.05, 4.69) is 10.6 Å². The first-order valence-corrected chi connectivity index (χ1v) is 9.71. The molecule has 2 amide bonds. The largest absolute Gasteiger partial charge is 0.369 e. The third-order valence-electron chi connectivity index (χ3n) is 3.27. The topological polar surface area (TPSA) is 67.4 Å². The lowest BCUT2D eigenvalue weighted by atomic mass is 10.1. The second-order valence-corrected chi connectivity index (χ2v) is 5.93. The molecule has 0 fully saturated rings. The average molecular weight is 349 g/mol. The van der Waals surface area contributed by atoms with Crippen LogP contribution in [-0.2, 0) is 14.3 Å². The van der Waals surface area contributed by atoms with E-state index in [0.717, 1.165) is 45.2 Å². The smallest absolute Gasteiger partial charge is 0.246 e. The van der Waals surface area contributed by atoms with E-state index in [1.165, 1.54) is 12.8 Å². The molecule has 0 rings (SSSR count). The highest BCUT2D eigenvalue weighted by Crippen LogP contribution is 2.04. The summed E-state index contributed by atoms with van der Waals surface area (Å²) in [4.78, 5) is 22.6. The van der Waals surface area contributed by atoms with Crippen LogP contribution in [0.25, 0.3) is 0 Å². The summed E-state index contributed by atoms with van der Waals surface area (Å²) < 4.78 is 5.23. The van der Waals surface area contributed by atoms with Crippen molar-refractivity contribution in [2.45, 2.75) is 92.1 Å². The van der Waals surface area contributed by atoms with E-state index in [4.69, 9.17) is 4.74 Å². The van der Waals surface area contributed by atoms with Gasteiger partial charge in [0, 0.05) is 22.4 Å². The zero-order chi connectivity index (χ0) is 18.6. The Kier molecular flexibility index (Phi) is 20.9. The second kappa shape index (κ2) is 19.9. The summed E-state index contributed by atoms with van der Waals surface area (Å²) in [6.45, 7) is 11.5. The van der Waals surface area contributed by atoms with Gasteiger partial charge in [-0.25, -0.2) is 0 Å². The van der Waals surface area contributed by atoms with Crippen molar-refractivity contribution in [3.05, 3.63) is 0 Å². The van der Waals surface area contributed by atoms with E-state index in [1.807, 2.05) is 34.6 Å². The first-order chi connectivity index (χ1) is 11.6.